The van der Waals surface area contributed by atoms with Gasteiger partial charge in [-0.2, -0.15) is 0 Å². The summed E-state index contributed by atoms with van der Waals surface area (Å²) >= 11 is 0. The summed E-state index contributed by atoms with van der Waals surface area (Å²) in [6.07, 6.45) is 1.67. The predicted octanol–water partition coefficient (Wildman–Crippen LogP) is 2.42. The molecule has 0 unspecified atom stereocenters. The lowest BCUT2D eigenvalue weighted by molar-refractivity contribution is 0.405. The van der Waals surface area contributed by atoms with Gasteiger partial charge in [-0.1, -0.05) is 0 Å². The van der Waals surface area contributed by atoms with Crippen LogP contribution in [-0.2, 0) is 0 Å². The zero-order chi connectivity index (χ0) is 13.0. The monoisotopic (exact) mass is 245 g/mol. The molecule has 0 saturated heterocycles. The molecule has 3 N–H and O–H groups in total. The lowest BCUT2D eigenvalue weighted by Crippen LogP contribution is -2.00. The molecule has 5 nitrogen and oxygen atoms in total. The van der Waals surface area contributed by atoms with E-state index < -0.39 is 0 Å². The van der Waals surface area contributed by atoms with Gasteiger partial charge in [0.05, 0.1) is 25.6 Å². The van der Waals surface area contributed by atoms with Gasteiger partial charge in [-0.05, 0) is 24.3 Å². The molecule has 1 aromatic carbocycles. The zero-order valence-electron chi connectivity index (χ0n) is 10.3. The van der Waals surface area contributed by atoms with Crippen LogP contribution >= 0.6 is 0 Å². The van der Waals surface area contributed by atoms with Crippen molar-refractivity contribution in [3.8, 4) is 11.5 Å². The maximum atomic E-state index is 5.83. The van der Waals surface area contributed by atoms with Crippen molar-refractivity contribution in [3.63, 3.8) is 0 Å². The standard InChI is InChI=1S/C13H15N3O2/c1-17-9-5-6-12(18-2)11(8-9)16-13-10(14)4-3-7-15-13/h3-8H,14H2,1-2H3,(H,15,16). The van der Waals surface area contributed by atoms with Crippen LogP contribution in [0.5, 0.6) is 11.5 Å². The topological polar surface area (TPSA) is 69.4 Å². The molecule has 0 amide bonds. The number of aromatic nitrogens is 1. The third-order valence-corrected chi connectivity index (χ3v) is 2.50. The number of hydrogen-bond donors (Lipinski definition) is 2. The number of anilines is 3. The Morgan fingerprint density at radius 2 is 2.00 bits per heavy atom. The van der Waals surface area contributed by atoms with Crippen LogP contribution in [0.2, 0.25) is 0 Å². The number of methoxy groups -OCH3 is 2. The Morgan fingerprint density at radius 1 is 1.17 bits per heavy atom. The first-order chi connectivity index (χ1) is 8.74. The molecule has 0 radical (unpaired) electrons. The summed E-state index contributed by atoms with van der Waals surface area (Å²) in [5.41, 5.74) is 7.16. The van der Waals surface area contributed by atoms with Gasteiger partial charge in [0.15, 0.2) is 5.82 Å². The van der Waals surface area contributed by atoms with Crippen LogP contribution < -0.4 is 20.5 Å². The Bertz CT molecular complexity index is 544. The van der Waals surface area contributed by atoms with Crippen LogP contribution in [0.15, 0.2) is 36.5 Å². The molecule has 0 aliphatic heterocycles. The molecule has 5 heteroatoms. The minimum atomic E-state index is 0.572. The summed E-state index contributed by atoms with van der Waals surface area (Å²) < 4.78 is 10.4. The molecular formula is C13H15N3O2. The number of ether oxygens (including phenoxy) is 2. The second-order valence-corrected chi connectivity index (χ2v) is 3.63. The highest BCUT2D eigenvalue weighted by atomic mass is 16.5. The molecule has 2 aromatic rings. The Balaban J connectivity index is 2.35. The highest BCUT2D eigenvalue weighted by Gasteiger charge is 2.07. The van der Waals surface area contributed by atoms with E-state index in [1.807, 2.05) is 18.2 Å². The van der Waals surface area contributed by atoms with Gasteiger partial charge in [0.1, 0.15) is 11.5 Å². The number of hydrogen-bond acceptors (Lipinski definition) is 5. The lowest BCUT2D eigenvalue weighted by Gasteiger charge is -2.13. The Labute approximate surface area is 106 Å². The smallest absolute Gasteiger partial charge is 0.153 e. The molecule has 0 aliphatic rings. The molecule has 1 heterocycles. The average molecular weight is 245 g/mol. The van der Waals surface area contributed by atoms with Crippen molar-refractivity contribution in [2.45, 2.75) is 0 Å². The molecule has 0 atom stereocenters. The highest BCUT2D eigenvalue weighted by molar-refractivity contribution is 5.72. The summed E-state index contributed by atoms with van der Waals surface area (Å²) in [4.78, 5) is 4.17. The van der Waals surface area contributed by atoms with Crippen molar-refractivity contribution in [2.24, 2.45) is 0 Å². The average Bonchev–Trinajstić information content (AvgIpc) is 2.41. The van der Waals surface area contributed by atoms with Crippen LogP contribution in [0, 0.1) is 0 Å². The molecule has 0 aliphatic carbocycles. The first-order valence-electron chi connectivity index (χ1n) is 5.44. The second-order valence-electron chi connectivity index (χ2n) is 3.63. The first-order valence-corrected chi connectivity index (χ1v) is 5.44. The molecule has 1 aromatic heterocycles. The van der Waals surface area contributed by atoms with E-state index in [1.54, 1.807) is 32.5 Å². The molecule has 0 saturated carbocycles. The largest absolute Gasteiger partial charge is 0.497 e. The van der Waals surface area contributed by atoms with Gasteiger partial charge >= 0.3 is 0 Å². The fourth-order valence-corrected chi connectivity index (χ4v) is 1.56. The van der Waals surface area contributed by atoms with Gasteiger partial charge in [0, 0.05) is 12.3 Å². The third kappa shape index (κ3) is 2.45. The van der Waals surface area contributed by atoms with E-state index in [1.165, 1.54) is 0 Å². The normalized spacial score (nSPS) is 9.89. The number of nitrogen functional groups attached to an aromatic ring is 1. The summed E-state index contributed by atoms with van der Waals surface area (Å²) in [7, 11) is 3.22. The second kappa shape index (κ2) is 5.27. The summed E-state index contributed by atoms with van der Waals surface area (Å²) in [6, 6.07) is 9.03. The predicted molar refractivity (Wildman–Crippen MR) is 71.5 cm³/mol. The van der Waals surface area contributed by atoms with Crippen molar-refractivity contribution in [2.75, 3.05) is 25.3 Å². The van der Waals surface area contributed by atoms with Crippen LogP contribution in [-0.4, -0.2) is 19.2 Å². The summed E-state index contributed by atoms with van der Waals surface area (Å²) in [5.74, 6) is 2.01. The molecule has 0 spiro atoms. The maximum Gasteiger partial charge on any atom is 0.153 e. The van der Waals surface area contributed by atoms with Gasteiger partial charge in [0.2, 0.25) is 0 Å². The Morgan fingerprint density at radius 3 is 2.67 bits per heavy atom. The minimum Gasteiger partial charge on any atom is -0.497 e. The van der Waals surface area contributed by atoms with Crippen molar-refractivity contribution >= 4 is 17.2 Å². The molecule has 94 valence electrons. The van der Waals surface area contributed by atoms with E-state index >= 15 is 0 Å². The number of nitrogens with two attached hydrogens (primary N) is 1. The summed E-state index contributed by atoms with van der Waals surface area (Å²) in [5, 5.41) is 3.13. The van der Waals surface area contributed by atoms with E-state index in [-0.39, 0.29) is 0 Å². The number of pyridine rings is 1. The van der Waals surface area contributed by atoms with Gasteiger partial charge in [0.25, 0.3) is 0 Å². The molecule has 0 bridgehead atoms. The SMILES string of the molecule is COc1ccc(OC)c(Nc2ncccc2N)c1. The lowest BCUT2D eigenvalue weighted by atomic mass is 10.2. The van der Waals surface area contributed by atoms with Crippen LogP contribution in [0.4, 0.5) is 17.2 Å². The van der Waals surface area contributed by atoms with E-state index in [0.717, 1.165) is 11.4 Å². The van der Waals surface area contributed by atoms with E-state index in [2.05, 4.69) is 10.3 Å². The van der Waals surface area contributed by atoms with E-state index in [0.29, 0.717) is 17.3 Å². The van der Waals surface area contributed by atoms with Crippen LogP contribution in [0.25, 0.3) is 0 Å². The fourth-order valence-electron chi connectivity index (χ4n) is 1.56. The third-order valence-electron chi connectivity index (χ3n) is 2.50. The first kappa shape index (κ1) is 12.0. The Kier molecular flexibility index (Phi) is 3.52. The van der Waals surface area contributed by atoms with Gasteiger partial charge < -0.3 is 20.5 Å². The van der Waals surface area contributed by atoms with Gasteiger partial charge in [-0.3, -0.25) is 0 Å². The number of nitrogens with zero attached hydrogens (tertiary/aromatic N) is 1. The molecule has 2 rings (SSSR count). The van der Waals surface area contributed by atoms with Gasteiger partial charge in [-0.25, -0.2) is 4.98 Å². The van der Waals surface area contributed by atoms with Gasteiger partial charge in [-0.15, -0.1) is 0 Å². The fraction of sp³-hybridized carbons (Fsp3) is 0.154. The van der Waals surface area contributed by atoms with Crippen LogP contribution in [0.3, 0.4) is 0 Å². The molecule has 18 heavy (non-hydrogen) atoms. The molecular weight excluding hydrogens is 230 g/mol. The quantitative estimate of drug-likeness (QED) is 0.865. The van der Waals surface area contributed by atoms with Crippen molar-refractivity contribution in [1.29, 1.82) is 0 Å². The maximum absolute atomic E-state index is 5.83. The Hall–Kier alpha value is -2.43. The van der Waals surface area contributed by atoms with E-state index in [9.17, 15) is 0 Å². The van der Waals surface area contributed by atoms with E-state index in [4.69, 9.17) is 15.2 Å². The van der Waals surface area contributed by atoms with Crippen molar-refractivity contribution < 1.29 is 9.47 Å². The molecule has 0 fully saturated rings. The highest BCUT2D eigenvalue weighted by Crippen LogP contribution is 2.32. The number of benzene rings is 1. The van der Waals surface area contributed by atoms with Crippen LogP contribution in [0.1, 0.15) is 0 Å². The van der Waals surface area contributed by atoms with Crippen molar-refractivity contribution in [3.05, 3.63) is 36.5 Å². The minimum absolute atomic E-state index is 0.572. The van der Waals surface area contributed by atoms with Crippen molar-refractivity contribution in [1.82, 2.24) is 4.98 Å². The zero-order valence-corrected chi connectivity index (χ0v) is 10.3. The number of nitrogens with one attached hydrogen (secondary N) is 1. The number of rotatable bonds is 4. The summed E-state index contributed by atoms with van der Waals surface area (Å²) in [6.45, 7) is 0.